The summed E-state index contributed by atoms with van der Waals surface area (Å²) in [5.41, 5.74) is 10.2. The minimum atomic E-state index is -0.923. The van der Waals surface area contributed by atoms with Crippen LogP contribution in [0.15, 0.2) is 97.1 Å². The molecule has 4 aromatic carbocycles. The van der Waals surface area contributed by atoms with Gasteiger partial charge in [-0.2, -0.15) is 0 Å². The van der Waals surface area contributed by atoms with E-state index in [0.29, 0.717) is 24.2 Å². The topological polar surface area (TPSA) is 68.7 Å². The number of benzene rings is 4. The molecule has 1 saturated carbocycles. The molecule has 5 aromatic rings. The third kappa shape index (κ3) is 7.17. The fourth-order valence-corrected chi connectivity index (χ4v) is 6.61. The molecule has 1 N–H and O–H groups in total. The second-order valence-electron chi connectivity index (χ2n) is 12.0. The number of rotatable bonds is 10. The van der Waals surface area contributed by atoms with E-state index in [-0.39, 0.29) is 0 Å². The number of methoxy groups -OCH3 is 1. The van der Waals surface area contributed by atoms with Gasteiger partial charge in [0.05, 0.1) is 17.8 Å². The number of nitrogens with zero attached hydrogens (tertiary/aromatic N) is 1. The summed E-state index contributed by atoms with van der Waals surface area (Å²) >= 11 is 6.20. The predicted octanol–water partition coefficient (Wildman–Crippen LogP) is 10.4. The van der Waals surface area contributed by atoms with Crippen LogP contribution < -0.4 is 4.74 Å². The maximum atomic E-state index is 11.4. The Balaban J connectivity index is 1.40. The molecule has 0 saturated heterocycles. The summed E-state index contributed by atoms with van der Waals surface area (Å²) in [6.45, 7) is 2.84. The van der Waals surface area contributed by atoms with Crippen molar-refractivity contribution in [3.05, 3.63) is 113 Å². The Labute approximate surface area is 275 Å². The van der Waals surface area contributed by atoms with E-state index in [9.17, 15) is 9.90 Å². The van der Waals surface area contributed by atoms with Crippen molar-refractivity contribution < 1.29 is 19.4 Å². The van der Waals surface area contributed by atoms with Gasteiger partial charge in [0.2, 0.25) is 0 Å². The average Bonchev–Trinajstić information content (AvgIpc) is 3.08. The van der Waals surface area contributed by atoms with Crippen LogP contribution in [0.25, 0.3) is 50.0 Å². The Morgan fingerprint density at radius 2 is 1.61 bits per heavy atom. The molecule has 6 rings (SSSR count). The molecular formula is C40H38ClNO4. The molecule has 0 unspecified atom stereocenters. The molecule has 46 heavy (non-hydrogen) atoms. The van der Waals surface area contributed by atoms with Crippen molar-refractivity contribution in [3.63, 3.8) is 0 Å². The third-order valence-electron chi connectivity index (χ3n) is 8.87. The molecule has 0 aliphatic heterocycles. The van der Waals surface area contributed by atoms with E-state index in [2.05, 4.69) is 48.5 Å². The standard InChI is InChI=1S/C40H38ClNO4/c1-26(22-40(43)44)29-10-16-35(36(24-29)27-6-4-3-5-7-27)30-11-18-38-31(23-30)12-19-39(42-38)37-25-33(46-21-20-45-2)15-17-34(37)28-8-13-32(41)14-9-28/h8-19,22-25,27H,3-7,20-21H2,1-2H3,(H,43,44)/b26-22+. The lowest BCUT2D eigenvalue weighted by molar-refractivity contribution is -0.131. The van der Waals surface area contributed by atoms with Crippen LogP contribution in [0.3, 0.4) is 0 Å². The summed E-state index contributed by atoms with van der Waals surface area (Å²) in [4.78, 5) is 16.5. The van der Waals surface area contributed by atoms with Crippen LogP contribution in [0.5, 0.6) is 5.75 Å². The number of ether oxygens (including phenoxy) is 2. The van der Waals surface area contributed by atoms with E-state index in [1.165, 1.54) is 36.5 Å². The van der Waals surface area contributed by atoms with Gasteiger partial charge in [-0.3, -0.25) is 0 Å². The van der Waals surface area contributed by atoms with Crippen molar-refractivity contribution >= 4 is 34.0 Å². The lowest BCUT2D eigenvalue weighted by atomic mass is 9.79. The fraction of sp³-hybridized carbons (Fsp3) is 0.250. The highest BCUT2D eigenvalue weighted by Gasteiger charge is 2.21. The highest BCUT2D eigenvalue weighted by molar-refractivity contribution is 6.30. The molecule has 1 fully saturated rings. The monoisotopic (exact) mass is 631 g/mol. The van der Waals surface area contributed by atoms with Gasteiger partial charge < -0.3 is 14.6 Å². The molecule has 6 heteroatoms. The Morgan fingerprint density at radius 1 is 0.848 bits per heavy atom. The van der Waals surface area contributed by atoms with Crippen LogP contribution in [0.1, 0.15) is 56.1 Å². The summed E-state index contributed by atoms with van der Waals surface area (Å²) in [7, 11) is 1.66. The largest absolute Gasteiger partial charge is 0.491 e. The zero-order chi connectivity index (χ0) is 32.0. The van der Waals surface area contributed by atoms with Crippen molar-refractivity contribution in [2.45, 2.75) is 44.9 Å². The van der Waals surface area contributed by atoms with Crippen LogP contribution in [0, 0.1) is 0 Å². The third-order valence-corrected chi connectivity index (χ3v) is 9.12. The fourth-order valence-electron chi connectivity index (χ4n) is 6.48. The van der Waals surface area contributed by atoms with E-state index >= 15 is 0 Å². The van der Waals surface area contributed by atoms with Crippen molar-refractivity contribution in [1.82, 2.24) is 4.98 Å². The minimum Gasteiger partial charge on any atom is -0.491 e. The van der Waals surface area contributed by atoms with Gasteiger partial charge >= 0.3 is 5.97 Å². The highest BCUT2D eigenvalue weighted by Crippen LogP contribution is 2.41. The molecule has 5 nitrogen and oxygen atoms in total. The van der Waals surface area contributed by atoms with E-state index in [1.807, 2.05) is 49.4 Å². The van der Waals surface area contributed by atoms with Crippen molar-refractivity contribution in [2.24, 2.45) is 0 Å². The second kappa shape index (κ2) is 14.3. The smallest absolute Gasteiger partial charge is 0.328 e. The zero-order valence-electron chi connectivity index (χ0n) is 26.3. The van der Waals surface area contributed by atoms with Gasteiger partial charge in [0.1, 0.15) is 12.4 Å². The van der Waals surface area contributed by atoms with Crippen LogP contribution >= 0.6 is 11.6 Å². The molecule has 1 heterocycles. The number of aliphatic carboxylic acids is 1. The van der Waals surface area contributed by atoms with Gasteiger partial charge in [-0.05, 0) is 107 Å². The maximum absolute atomic E-state index is 11.4. The maximum Gasteiger partial charge on any atom is 0.328 e. The molecule has 0 amide bonds. The minimum absolute atomic E-state index is 0.460. The number of carbonyl (C=O) groups is 1. The SMILES string of the molecule is COCCOc1ccc(-c2ccc(Cl)cc2)c(-c2ccc3cc(-c4ccc(/C(C)=C/C(=O)O)cc4C4CCCCC4)ccc3n2)c1. The van der Waals surface area contributed by atoms with E-state index in [1.54, 1.807) is 7.11 Å². The molecule has 1 aliphatic rings. The van der Waals surface area contributed by atoms with E-state index < -0.39 is 5.97 Å². The van der Waals surface area contributed by atoms with E-state index in [4.69, 9.17) is 26.1 Å². The average molecular weight is 632 g/mol. The number of carboxylic acid groups (broad SMARTS) is 1. The molecule has 1 aliphatic carbocycles. The molecule has 0 atom stereocenters. The number of allylic oxidation sites excluding steroid dienone is 1. The van der Waals surface area contributed by atoms with Crippen LogP contribution in [-0.2, 0) is 9.53 Å². The molecule has 0 radical (unpaired) electrons. The Hall–Kier alpha value is -4.45. The first-order valence-electron chi connectivity index (χ1n) is 15.9. The van der Waals surface area contributed by atoms with Crippen molar-refractivity contribution in [1.29, 1.82) is 0 Å². The lowest BCUT2D eigenvalue weighted by Crippen LogP contribution is -2.07. The first kappa shape index (κ1) is 31.5. The second-order valence-corrected chi connectivity index (χ2v) is 12.4. The number of hydrogen-bond acceptors (Lipinski definition) is 4. The van der Waals surface area contributed by atoms with Gasteiger partial charge in [-0.25, -0.2) is 9.78 Å². The first-order chi connectivity index (χ1) is 22.4. The Morgan fingerprint density at radius 3 is 2.37 bits per heavy atom. The molecule has 1 aromatic heterocycles. The summed E-state index contributed by atoms with van der Waals surface area (Å²) in [5.74, 6) is 0.296. The lowest BCUT2D eigenvalue weighted by Gasteiger charge is -2.25. The van der Waals surface area contributed by atoms with Gasteiger partial charge in [0, 0.05) is 29.2 Å². The summed E-state index contributed by atoms with van der Waals surface area (Å²) < 4.78 is 11.1. The Bertz CT molecular complexity index is 1890. The summed E-state index contributed by atoms with van der Waals surface area (Å²) in [6, 6.07) is 31.0. The number of fused-ring (bicyclic) bond motifs is 1. The van der Waals surface area contributed by atoms with Crippen LogP contribution in [-0.4, -0.2) is 36.4 Å². The highest BCUT2D eigenvalue weighted by atomic mass is 35.5. The number of hydrogen-bond donors (Lipinski definition) is 1. The number of carboxylic acids is 1. The van der Waals surface area contributed by atoms with Crippen molar-refractivity contribution in [2.75, 3.05) is 20.3 Å². The van der Waals surface area contributed by atoms with E-state index in [0.717, 1.165) is 68.6 Å². The van der Waals surface area contributed by atoms with Crippen LogP contribution in [0.2, 0.25) is 5.02 Å². The summed E-state index contributed by atoms with van der Waals surface area (Å²) in [5, 5.41) is 11.1. The van der Waals surface area contributed by atoms with Gasteiger partial charge in [0.25, 0.3) is 0 Å². The zero-order valence-corrected chi connectivity index (χ0v) is 27.0. The predicted molar refractivity (Wildman–Crippen MR) is 188 cm³/mol. The Kier molecular flexibility index (Phi) is 9.82. The van der Waals surface area contributed by atoms with Crippen LogP contribution in [0.4, 0.5) is 0 Å². The first-order valence-corrected chi connectivity index (χ1v) is 16.3. The summed E-state index contributed by atoms with van der Waals surface area (Å²) in [6.07, 6.45) is 7.31. The van der Waals surface area contributed by atoms with Crippen molar-refractivity contribution in [3.8, 4) is 39.3 Å². The van der Waals surface area contributed by atoms with Gasteiger partial charge in [-0.15, -0.1) is 0 Å². The quantitative estimate of drug-likeness (QED) is 0.123. The molecule has 0 spiro atoms. The molecule has 234 valence electrons. The normalized spacial score (nSPS) is 14.0. The number of pyridine rings is 1. The molecule has 0 bridgehead atoms. The molecular weight excluding hydrogens is 594 g/mol. The number of halogens is 1. The number of aromatic nitrogens is 1. The van der Waals surface area contributed by atoms with Gasteiger partial charge in [-0.1, -0.05) is 79.4 Å². The van der Waals surface area contributed by atoms with Gasteiger partial charge in [0.15, 0.2) is 0 Å².